The minimum atomic E-state index is -0.303. The van der Waals surface area contributed by atoms with E-state index in [1.54, 1.807) is 6.07 Å². The summed E-state index contributed by atoms with van der Waals surface area (Å²) in [5.41, 5.74) is 0.416. The maximum atomic E-state index is 12.1. The molecule has 6 nitrogen and oxygen atoms in total. The molecule has 122 valence electrons. The van der Waals surface area contributed by atoms with Crippen LogP contribution in [0.2, 0.25) is 5.15 Å². The van der Waals surface area contributed by atoms with Crippen molar-refractivity contribution in [2.24, 2.45) is 0 Å². The van der Waals surface area contributed by atoms with Gasteiger partial charge in [-0.05, 0) is 24.3 Å². The number of nitrogens with zero attached hydrogens (tertiary/aromatic N) is 3. The third kappa shape index (κ3) is 4.50. The number of nitrogens with one attached hydrogen (secondary N) is 1. The Morgan fingerprint density at radius 1 is 1.21 bits per heavy atom. The Bertz CT molecular complexity index is 826. The molecule has 2 aromatic heterocycles. The normalized spacial score (nSPS) is 10.4. The molecule has 2 heterocycles. The molecule has 0 spiro atoms. The van der Waals surface area contributed by atoms with E-state index in [1.165, 1.54) is 23.6 Å². The van der Waals surface area contributed by atoms with Crippen molar-refractivity contribution in [2.75, 3.05) is 11.9 Å². The van der Waals surface area contributed by atoms with E-state index in [2.05, 4.69) is 20.5 Å². The Labute approximate surface area is 147 Å². The highest BCUT2D eigenvalue weighted by molar-refractivity contribution is 7.15. The van der Waals surface area contributed by atoms with Crippen molar-refractivity contribution in [3.8, 4) is 5.75 Å². The van der Waals surface area contributed by atoms with Gasteiger partial charge < -0.3 is 4.74 Å². The molecule has 0 aliphatic rings. The van der Waals surface area contributed by atoms with Crippen molar-refractivity contribution in [2.45, 2.75) is 6.42 Å². The van der Waals surface area contributed by atoms with Crippen LogP contribution in [0.15, 0.2) is 48.7 Å². The third-order valence-electron chi connectivity index (χ3n) is 3.00. The number of para-hydroxylation sites is 1. The fourth-order valence-corrected chi connectivity index (χ4v) is 2.78. The number of halogens is 1. The second kappa shape index (κ2) is 7.85. The molecule has 3 rings (SSSR count). The molecular weight excluding hydrogens is 348 g/mol. The highest BCUT2D eigenvalue weighted by Gasteiger charge is 2.11. The first-order valence-electron chi connectivity index (χ1n) is 7.14. The van der Waals surface area contributed by atoms with Gasteiger partial charge in [0.05, 0.1) is 6.61 Å². The van der Waals surface area contributed by atoms with Crippen molar-refractivity contribution in [1.29, 1.82) is 0 Å². The fourth-order valence-electron chi connectivity index (χ4n) is 1.89. The number of carbonyl (C=O) groups excluding carboxylic acids is 1. The molecule has 8 heteroatoms. The SMILES string of the molecule is O=C(Nc1nnc(CCOc2ccccc2)s1)c1ccnc(Cl)c1. The molecule has 1 N–H and O–H groups in total. The zero-order chi connectivity index (χ0) is 16.8. The van der Waals surface area contributed by atoms with Gasteiger partial charge in [0.25, 0.3) is 5.91 Å². The minimum Gasteiger partial charge on any atom is -0.493 e. The van der Waals surface area contributed by atoms with Crippen LogP contribution in [0.5, 0.6) is 5.75 Å². The molecule has 0 atom stereocenters. The van der Waals surface area contributed by atoms with Gasteiger partial charge in [-0.25, -0.2) is 4.98 Å². The largest absolute Gasteiger partial charge is 0.493 e. The summed E-state index contributed by atoms with van der Waals surface area (Å²) in [5.74, 6) is 0.507. The van der Waals surface area contributed by atoms with E-state index in [-0.39, 0.29) is 11.1 Å². The molecule has 3 aromatic rings. The monoisotopic (exact) mass is 360 g/mol. The molecule has 0 unspecified atom stereocenters. The number of carbonyl (C=O) groups is 1. The fraction of sp³-hybridized carbons (Fsp3) is 0.125. The van der Waals surface area contributed by atoms with Crippen molar-refractivity contribution in [3.05, 3.63) is 64.4 Å². The van der Waals surface area contributed by atoms with E-state index >= 15 is 0 Å². The number of pyridine rings is 1. The first kappa shape index (κ1) is 16.4. The topological polar surface area (TPSA) is 77.0 Å². The van der Waals surface area contributed by atoms with Gasteiger partial charge in [-0.2, -0.15) is 0 Å². The molecule has 0 aliphatic carbocycles. The van der Waals surface area contributed by atoms with Crippen LogP contribution in [0.3, 0.4) is 0 Å². The molecule has 1 amide bonds. The van der Waals surface area contributed by atoms with Crippen molar-refractivity contribution in [3.63, 3.8) is 0 Å². The van der Waals surface area contributed by atoms with Gasteiger partial charge in [0.2, 0.25) is 5.13 Å². The summed E-state index contributed by atoms with van der Waals surface area (Å²) < 4.78 is 5.61. The number of ether oxygens (including phenoxy) is 1. The van der Waals surface area contributed by atoms with Crippen LogP contribution in [0, 0.1) is 0 Å². The molecule has 0 bridgehead atoms. The number of aromatic nitrogens is 3. The maximum Gasteiger partial charge on any atom is 0.257 e. The van der Waals surface area contributed by atoms with Crippen LogP contribution < -0.4 is 10.1 Å². The molecule has 0 saturated carbocycles. The summed E-state index contributed by atoms with van der Waals surface area (Å²) >= 11 is 7.09. The second-order valence-electron chi connectivity index (χ2n) is 4.73. The van der Waals surface area contributed by atoms with Gasteiger partial charge in [-0.3, -0.25) is 10.1 Å². The van der Waals surface area contributed by atoms with Gasteiger partial charge in [-0.15, -0.1) is 10.2 Å². The Balaban J connectivity index is 1.53. The molecule has 0 fully saturated rings. The van der Waals surface area contributed by atoms with Crippen molar-refractivity contribution in [1.82, 2.24) is 15.2 Å². The molecule has 0 saturated heterocycles. The zero-order valence-corrected chi connectivity index (χ0v) is 14.0. The van der Waals surface area contributed by atoms with E-state index in [0.717, 1.165) is 10.8 Å². The van der Waals surface area contributed by atoms with Crippen LogP contribution >= 0.6 is 22.9 Å². The first-order chi connectivity index (χ1) is 11.7. The Kier molecular flexibility index (Phi) is 5.35. The van der Waals surface area contributed by atoms with E-state index in [4.69, 9.17) is 16.3 Å². The van der Waals surface area contributed by atoms with Crippen LogP contribution in [-0.2, 0) is 6.42 Å². The Hall–Kier alpha value is -2.51. The molecule has 0 radical (unpaired) electrons. The highest BCUT2D eigenvalue weighted by Crippen LogP contribution is 2.18. The van der Waals surface area contributed by atoms with Crippen molar-refractivity contribution < 1.29 is 9.53 Å². The molecule has 1 aromatic carbocycles. The van der Waals surface area contributed by atoms with Crippen LogP contribution in [0.4, 0.5) is 5.13 Å². The van der Waals surface area contributed by atoms with Gasteiger partial charge in [0.15, 0.2) is 0 Å². The van der Waals surface area contributed by atoms with Gasteiger partial charge in [0, 0.05) is 18.2 Å². The second-order valence-corrected chi connectivity index (χ2v) is 6.18. The summed E-state index contributed by atoms with van der Waals surface area (Å²) in [6.07, 6.45) is 2.09. The predicted molar refractivity (Wildman–Crippen MR) is 92.8 cm³/mol. The lowest BCUT2D eigenvalue weighted by Gasteiger charge is -2.03. The Morgan fingerprint density at radius 2 is 2.04 bits per heavy atom. The number of anilines is 1. The number of amides is 1. The van der Waals surface area contributed by atoms with Gasteiger partial charge >= 0.3 is 0 Å². The first-order valence-corrected chi connectivity index (χ1v) is 8.33. The van der Waals surface area contributed by atoms with E-state index < -0.39 is 0 Å². The number of hydrogen-bond acceptors (Lipinski definition) is 6. The quantitative estimate of drug-likeness (QED) is 0.681. The van der Waals surface area contributed by atoms with E-state index in [0.29, 0.717) is 23.7 Å². The molecule has 0 aliphatic heterocycles. The van der Waals surface area contributed by atoms with Crippen LogP contribution in [0.25, 0.3) is 0 Å². The van der Waals surface area contributed by atoms with Gasteiger partial charge in [-0.1, -0.05) is 41.1 Å². The average molecular weight is 361 g/mol. The lowest BCUT2D eigenvalue weighted by atomic mass is 10.2. The lowest BCUT2D eigenvalue weighted by molar-refractivity contribution is 0.102. The molecular formula is C16H13ClN4O2S. The summed E-state index contributed by atoms with van der Waals surface area (Å²) in [6.45, 7) is 0.493. The van der Waals surface area contributed by atoms with E-state index in [9.17, 15) is 4.79 Å². The maximum absolute atomic E-state index is 12.1. The number of benzene rings is 1. The number of hydrogen-bond donors (Lipinski definition) is 1. The Morgan fingerprint density at radius 3 is 2.83 bits per heavy atom. The predicted octanol–water partition coefficient (Wildman–Crippen LogP) is 3.46. The summed E-state index contributed by atoms with van der Waals surface area (Å²) in [7, 11) is 0. The van der Waals surface area contributed by atoms with Crippen LogP contribution in [-0.4, -0.2) is 27.7 Å². The zero-order valence-electron chi connectivity index (χ0n) is 12.5. The third-order valence-corrected chi connectivity index (χ3v) is 4.11. The highest BCUT2D eigenvalue weighted by atomic mass is 35.5. The minimum absolute atomic E-state index is 0.263. The van der Waals surface area contributed by atoms with Gasteiger partial charge in [0.1, 0.15) is 15.9 Å². The van der Waals surface area contributed by atoms with Crippen LogP contribution in [0.1, 0.15) is 15.4 Å². The lowest BCUT2D eigenvalue weighted by Crippen LogP contribution is -2.11. The molecule has 24 heavy (non-hydrogen) atoms. The number of rotatable bonds is 6. The summed E-state index contributed by atoms with van der Waals surface area (Å²) in [5, 5.41) is 12.2. The smallest absolute Gasteiger partial charge is 0.257 e. The average Bonchev–Trinajstić information content (AvgIpc) is 3.03. The summed E-state index contributed by atoms with van der Waals surface area (Å²) in [4.78, 5) is 15.9. The summed E-state index contributed by atoms with van der Waals surface area (Å²) in [6, 6.07) is 12.6. The van der Waals surface area contributed by atoms with E-state index in [1.807, 2.05) is 30.3 Å². The standard InChI is InChI=1S/C16H13ClN4O2S/c17-13-10-11(6-8-18-13)15(22)19-16-21-20-14(24-16)7-9-23-12-4-2-1-3-5-12/h1-6,8,10H,7,9H2,(H,19,21,22). The van der Waals surface area contributed by atoms with Crippen molar-refractivity contribution >= 4 is 34.0 Å².